The monoisotopic (exact) mass is 442 g/mol. The van der Waals surface area contributed by atoms with Crippen molar-refractivity contribution in [2.45, 2.75) is 70.8 Å². The normalized spacial score (nSPS) is 15.3. The van der Waals surface area contributed by atoms with Gasteiger partial charge in [0, 0.05) is 42.6 Å². The summed E-state index contributed by atoms with van der Waals surface area (Å²) < 4.78 is 2.22. The number of ketones is 1. The summed E-state index contributed by atoms with van der Waals surface area (Å²) in [5.74, 6) is 1.83. The minimum absolute atomic E-state index is 0.0290. The van der Waals surface area contributed by atoms with E-state index >= 15 is 0 Å². The van der Waals surface area contributed by atoms with Gasteiger partial charge in [-0.15, -0.1) is 10.2 Å². The second kappa shape index (κ2) is 9.69. The van der Waals surface area contributed by atoms with Crippen LogP contribution in [0.1, 0.15) is 72.3 Å². The van der Waals surface area contributed by atoms with Crippen molar-refractivity contribution in [3.8, 4) is 11.4 Å². The van der Waals surface area contributed by atoms with Crippen LogP contribution in [0.15, 0.2) is 42.5 Å². The molecule has 0 saturated heterocycles. The zero-order valence-electron chi connectivity index (χ0n) is 19.0. The first-order valence-corrected chi connectivity index (χ1v) is 12.1. The molecule has 1 aliphatic heterocycles. The van der Waals surface area contributed by atoms with Gasteiger partial charge in [-0.05, 0) is 80.0 Å². The molecule has 5 rings (SSSR count). The summed E-state index contributed by atoms with van der Waals surface area (Å²) in [6.45, 7) is 0.953. The molecule has 0 saturated carbocycles. The van der Waals surface area contributed by atoms with Crippen LogP contribution in [0, 0.1) is 0 Å². The lowest BCUT2D eigenvalue weighted by atomic mass is 9.89. The fourth-order valence-corrected chi connectivity index (χ4v) is 4.90. The quantitative estimate of drug-likeness (QED) is 0.536. The number of aromatic nitrogens is 3. The molecule has 2 heterocycles. The van der Waals surface area contributed by atoms with Crippen molar-refractivity contribution in [3.63, 3.8) is 0 Å². The number of anilines is 1. The molecule has 6 heteroatoms. The van der Waals surface area contributed by atoms with Crippen LogP contribution in [0.2, 0.25) is 0 Å². The van der Waals surface area contributed by atoms with Gasteiger partial charge in [0.2, 0.25) is 5.91 Å². The molecule has 2 aliphatic rings. The van der Waals surface area contributed by atoms with E-state index in [1.54, 1.807) is 0 Å². The molecule has 0 bridgehead atoms. The first kappa shape index (κ1) is 21.6. The highest BCUT2D eigenvalue weighted by Crippen LogP contribution is 2.25. The Bertz CT molecular complexity index is 1160. The summed E-state index contributed by atoms with van der Waals surface area (Å²) in [5, 5.41) is 11.7. The Labute approximate surface area is 194 Å². The number of Topliss-reactive ketones (excluding diaryl/α,β-unsaturated/α-hetero) is 1. The van der Waals surface area contributed by atoms with Gasteiger partial charge < -0.3 is 9.88 Å². The third-order valence-corrected chi connectivity index (χ3v) is 6.79. The van der Waals surface area contributed by atoms with Crippen LogP contribution in [0.5, 0.6) is 0 Å². The number of nitrogens with zero attached hydrogens (tertiary/aromatic N) is 3. The van der Waals surface area contributed by atoms with E-state index < -0.39 is 0 Å². The van der Waals surface area contributed by atoms with Crippen molar-refractivity contribution in [2.24, 2.45) is 0 Å². The molecule has 3 aromatic rings. The van der Waals surface area contributed by atoms with Crippen molar-refractivity contribution < 1.29 is 9.59 Å². The Morgan fingerprint density at radius 1 is 0.818 bits per heavy atom. The second-order valence-electron chi connectivity index (χ2n) is 9.14. The molecule has 0 radical (unpaired) electrons. The second-order valence-corrected chi connectivity index (χ2v) is 9.14. The average molecular weight is 443 g/mol. The summed E-state index contributed by atoms with van der Waals surface area (Å²) in [6, 6.07) is 13.7. The van der Waals surface area contributed by atoms with Crippen LogP contribution in [-0.2, 0) is 30.6 Å². The number of carbonyl (C=O) groups excluding carboxylic acids is 2. The van der Waals surface area contributed by atoms with Gasteiger partial charge in [-0.3, -0.25) is 9.59 Å². The Morgan fingerprint density at radius 2 is 1.61 bits per heavy atom. The van der Waals surface area contributed by atoms with E-state index in [1.165, 1.54) is 30.4 Å². The van der Waals surface area contributed by atoms with Gasteiger partial charge in [0.25, 0.3) is 0 Å². The van der Waals surface area contributed by atoms with E-state index in [4.69, 9.17) is 0 Å². The number of hydrogen-bond acceptors (Lipinski definition) is 4. The van der Waals surface area contributed by atoms with Crippen molar-refractivity contribution >= 4 is 17.4 Å². The van der Waals surface area contributed by atoms with Crippen LogP contribution < -0.4 is 5.32 Å². The number of nitrogens with one attached hydrogen (secondary N) is 1. The van der Waals surface area contributed by atoms with Crippen molar-refractivity contribution in [1.82, 2.24) is 14.8 Å². The van der Waals surface area contributed by atoms with Crippen molar-refractivity contribution in [3.05, 3.63) is 65.0 Å². The molecule has 0 spiro atoms. The summed E-state index contributed by atoms with van der Waals surface area (Å²) in [6.07, 6.45) is 9.47. The zero-order valence-corrected chi connectivity index (χ0v) is 19.0. The first-order valence-electron chi connectivity index (χ1n) is 12.1. The molecule has 170 valence electrons. The molecule has 1 amide bonds. The minimum Gasteiger partial charge on any atom is -0.326 e. The van der Waals surface area contributed by atoms with Gasteiger partial charge >= 0.3 is 0 Å². The van der Waals surface area contributed by atoms with E-state index in [1.807, 2.05) is 36.4 Å². The standard InChI is InChI=1S/C27H30N4O2/c32-24(22-10-9-19-6-3-4-7-21(19)18-22)15-16-26(33)28-23-13-11-20(12-14-23)27-30-29-25-8-2-1-5-17-31(25)27/h9-14,18H,1-8,15-17H2,(H,28,33). The van der Waals surface area contributed by atoms with E-state index in [0.29, 0.717) is 0 Å². The highest BCUT2D eigenvalue weighted by molar-refractivity contribution is 6.00. The number of aryl methyl sites for hydroxylation is 3. The van der Waals surface area contributed by atoms with Gasteiger partial charge in [0.05, 0.1) is 0 Å². The Morgan fingerprint density at radius 3 is 2.45 bits per heavy atom. The number of fused-ring (bicyclic) bond motifs is 2. The molecular weight excluding hydrogens is 412 g/mol. The maximum atomic E-state index is 12.6. The summed E-state index contributed by atoms with van der Waals surface area (Å²) in [5.41, 5.74) is 5.10. The Hall–Kier alpha value is -3.28. The smallest absolute Gasteiger partial charge is 0.224 e. The molecule has 1 N–H and O–H groups in total. The summed E-state index contributed by atoms with van der Waals surface area (Å²) >= 11 is 0. The van der Waals surface area contributed by atoms with Crippen LogP contribution in [0.3, 0.4) is 0 Å². The molecular formula is C27H30N4O2. The fourth-order valence-electron chi connectivity index (χ4n) is 4.90. The van der Waals surface area contributed by atoms with Crippen LogP contribution in [0.25, 0.3) is 11.4 Å². The lowest BCUT2D eigenvalue weighted by Crippen LogP contribution is -2.14. The summed E-state index contributed by atoms with van der Waals surface area (Å²) in [4.78, 5) is 25.0. The number of carbonyl (C=O) groups is 2. The predicted molar refractivity (Wildman–Crippen MR) is 128 cm³/mol. The molecule has 0 atom stereocenters. The van der Waals surface area contributed by atoms with E-state index in [9.17, 15) is 9.59 Å². The lowest BCUT2D eigenvalue weighted by Gasteiger charge is -2.16. The van der Waals surface area contributed by atoms with Crippen LogP contribution >= 0.6 is 0 Å². The zero-order chi connectivity index (χ0) is 22.6. The third kappa shape index (κ3) is 4.90. The van der Waals surface area contributed by atoms with Crippen LogP contribution in [-0.4, -0.2) is 26.5 Å². The molecule has 6 nitrogen and oxygen atoms in total. The summed E-state index contributed by atoms with van der Waals surface area (Å²) in [7, 11) is 0. The van der Waals surface area contributed by atoms with E-state index in [-0.39, 0.29) is 24.5 Å². The number of rotatable bonds is 6. The molecule has 0 unspecified atom stereocenters. The van der Waals surface area contributed by atoms with Gasteiger partial charge in [-0.1, -0.05) is 18.6 Å². The number of amides is 1. The number of benzene rings is 2. The number of hydrogen-bond donors (Lipinski definition) is 1. The van der Waals surface area contributed by atoms with E-state index in [2.05, 4.69) is 26.1 Å². The highest BCUT2D eigenvalue weighted by atomic mass is 16.2. The molecule has 1 aliphatic carbocycles. The average Bonchev–Trinajstić information content (AvgIpc) is 3.10. The SMILES string of the molecule is O=C(CCC(=O)c1ccc2c(c1)CCCC2)Nc1ccc(-c2nnc3n2CCCCC3)cc1. The molecule has 2 aromatic carbocycles. The molecule has 1 aromatic heterocycles. The third-order valence-electron chi connectivity index (χ3n) is 6.79. The maximum absolute atomic E-state index is 12.6. The van der Waals surface area contributed by atoms with Crippen molar-refractivity contribution in [2.75, 3.05) is 5.32 Å². The van der Waals surface area contributed by atoms with E-state index in [0.717, 1.165) is 67.1 Å². The van der Waals surface area contributed by atoms with Gasteiger partial charge in [-0.2, -0.15) is 0 Å². The molecule has 0 fully saturated rings. The Kier molecular flexibility index (Phi) is 6.33. The lowest BCUT2D eigenvalue weighted by molar-refractivity contribution is -0.116. The Balaban J connectivity index is 1.17. The van der Waals surface area contributed by atoms with Gasteiger partial charge in [0.15, 0.2) is 11.6 Å². The largest absolute Gasteiger partial charge is 0.326 e. The molecule has 33 heavy (non-hydrogen) atoms. The first-order chi connectivity index (χ1) is 16.2. The maximum Gasteiger partial charge on any atom is 0.224 e. The van der Waals surface area contributed by atoms with Gasteiger partial charge in [0.1, 0.15) is 5.82 Å². The van der Waals surface area contributed by atoms with Crippen molar-refractivity contribution in [1.29, 1.82) is 0 Å². The predicted octanol–water partition coefficient (Wildman–Crippen LogP) is 5.15. The highest BCUT2D eigenvalue weighted by Gasteiger charge is 2.17. The van der Waals surface area contributed by atoms with Crippen LogP contribution in [0.4, 0.5) is 5.69 Å². The topological polar surface area (TPSA) is 76.9 Å². The van der Waals surface area contributed by atoms with Gasteiger partial charge in [-0.25, -0.2) is 0 Å². The minimum atomic E-state index is -0.148. The fraction of sp³-hybridized carbons (Fsp3) is 0.407.